The zero-order valence-corrected chi connectivity index (χ0v) is 14.4. The number of hydrogen-bond acceptors (Lipinski definition) is 4. The molecule has 3 aliphatic heterocycles. The van der Waals surface area contributed by atoms with E-state index in [1.54, 1.807) is 0 Å². The van der Waals surface area contributed by atoms with E-state index in [0.29, 0.717) is 25.7 Å². The van der Waals surface area contributed by atoms with Crippen LogP contribution in [0.1, 0.15) is 44.6 Å². The first kappa shape index (κ1) is 16.2. The molecule has 3 atom stereocenters. The number of ether oxygens (including phenoxy) is 2. The van der Waals surface area contributed by atoms with E-state index in [0.717, 1.165) is 29.9 Å². The lowest BCUT2D eigenvalue weighted by Crippen LogP contribution is -2.44. The van der Waals surface area contributed by atoms with Gasteiger partial charge in [0.2, 0.25) is 12.7 Å². The molecule has 4 rings (SSSR count). The Morgan fingerprint density at radius 1 is 1.28 bits per heavy atom. The smallest absolute Gasteiger partial charge is 0.311 e. The zero-order valence-electron chi connectivity index (χ0n) is 14.4. The third kappa shape index (κ3) is 2.46. The minimum atomic E-state index is -0.754. The Morgan fingerprint density at radius 2 is 2.08 bits per heavy atom. The minimum Gasteiger partial charge on any atom is -0.481 e. The van der Waals surface area contributed by atoms with Crippen molar-refractivity contribution in [1.29, 1.82) is 0 Å². The summed E-state index contributed by atoms with van der Waals surface area (Å²) in [5.41, 5.74) is 0.279. The molecule has 0 aromatic heterocycles. The summed E-state index contributed by atoms with van der Waals surface area (Å²) in [6.07, 6.45) is 3.93. The van der Waals surface area contributed by atoms with Gasteiger partial charge in [-0.1, -0.05) is 13.0 Å². The third-order valence-corrected chi connectivity index (χ3v) is 6.15. The first-order valence-corrected chi connectivity index (χ1v) is 8.98. The topological polar surface area (TPSA) is 76.1 Å². The maximum Gasteiger partial charge on any atom is 0.311 e. The van der Waals surface area contributed by atoms with Gasteiger partial charge in [0.15, 0.2) is 11.5 Å². The van der Waals surface area contributed by atoms with E-state index in [2.05, 4.69) is 0 Å². The number of rotatable bonds is 5. The summed E-state index contributed by atoms with van der Waals surface area (Å²) in [6, 6.07) is 5.68. The third-order valence-electron chi connectivity index (χ3n) is 6.15. The van der Waals surface area contributed by atoms with Crippen molar-refractivity contribution in [3.8, 4) is 11.5 Å². The van der Waals surface area contributed by atoms with Crippen molar-refractivity contribution in [3.63, 3.8) is 0 Å². The summed E-state index contributed by atoms with van der Waals surface area (Å²) in [5, 5.41) is 9.72. The van der Waals surface area contributed by atoms with Gasteiger partial charge in [-0.25, -0.2) is 0 Å². The van der Waals surface area contributed by atoms with Crippen LogP contribution in [-0.4, -0.2) is 40.8 Å². The predicted molar refractivity (Wildman–Crippen MR) is 89.5 cm³/mol. The van der Waals surface area contributed by atoms with Crippen LogP contribution >= 0.6 is 0 Å². The number of carbonyl (C=O) groups is 2. The highest BCUT2D eigenvalue weighted by Gasteiger charge is 2.60. The lowest BCUT2D eigenvalue weighted by atomic mass is 9.72. The summed E-state index contributed by atoms with van der Waals surface area (Å²) in [6.45, 7) is 2.16. The monoisotopic (exact) mass is 345 g/mol. The number of nitrogens with zero attached hydrogens (tertiary/aromatic N) is 1. The molecule has 0 radical (unpaired) electrons. The van der Waals surface area contributed by atoms with E-state index in [1.165, 1.54) is 0 Å². The van der Waals surface area contributed by atoms with Crippen molar-refractivity contribution in [3.05, 3.63) is 23.8 Å². The molecule has 0 aliphatic carbocycles. The van der Waals surface area contributed by atoms with Crippen molar-refractivity contribution in [2.45, 2.75) is 57.5 Å². The van der Waals surface area contributed by atoms with Gasteiger partial charge >= 0.3 is 5.97 Å². The number of carbonyl (C=O) groups excluding carboxylic acids is 1. The molecule has 6 nitrogen and oxygen atoms in total. The van der Waals surface area contributed by atoms with Crippen molar-refractivity contribution in [1.82, 2.24) is 4.90 Å². The quantitative estimate of drug-likeness (QED) is 0.888. The standard InChI is InChI=1S/C19H23NO5/c1-2-19(18(22)23)10-13-5-7-16(19)20(13)17(21)8-4-12-3-6-14-15(9-12)25-11-24-14/h3,6,9,13,16H,2,4-5,7-8,10-11H2,1H3,(H,22,23)/t13-,16+,19+/m0/s1. The number of amides is 1. The second-order valence-electron chi connectivity index (χ2n) is 7.25. The summed E-state index contributed by atoms with van der Waals surface area (Å²) in [4.78, 5) is 26.5. The van der Waals surface area contributed by atoms with Gasteiger partial charge in [0, 0.05) is 18.5 Å². The summed E-state index contributed by atoms with van der Waals surface area (Å²) in [5.74, 6) is 0.779. The lowest BCUT2D eigenvalue weighted by Gasteiger charge is -2.32. The van der Waals surface area contributed by atoms with Crippen molar-refractivity contribution in [2.24, 2.45) is 5.41 Å². The highest BCUT2D eigenvalue weighted by Crippen LogP contribution is 2.52. The SMILES string of the molecule is CC[C@@]1(C(=O)O)C[C@@H]2CC[C@H]1N2C(=O)CCc1ccc2c(c1)OCO2. The van der Waals surface area contributed by atoms with Gasteiger partial charge in [-0.05, 0) is 49.8 Å². The van der Waals surface area contributed by atoms with Crippen molar-refractivity contribution in [2.75, 3.05) is 6.79 Å². The number of aryl methyl sites for hydroxylation is 1. The minimum absolute atomic E-state index is 0.0711. The van der Waals surface area contributed by atoms with Crippen molar-refractivity contribution < 1.29 is 24.2 Å². The van der Waals surface area contributed by atoms with Gasteiger partial charge in [-0.15, -0.1) is 0 Å². The van der Waals surface area contributed by atoms with Gasteiger partial charge in [0.05, 0.1) is 5.41 Å². The molecule has 0 saturated carbocycles. The second-order valence-corrected chi connectivity index (χ2v) is 7.25. The molecule has 2 bridgehead atoms. The van der Waals surface area contributed by atoms with Gasteiger partial charge in [0.1, 0.15) is 0 Å². The molecule has 0 unspecified atom stereocenters. The maximum absolute atomic E-state index is 12.8. The summed E-state index contributed by atoms with van der Waals surface area (Å²) in [7, 11) is 0. The molecule has 1 N–H and O–H groups in total. The molecular weight excluding hydrogens is 322 g/mol. The Kier molecular flexibility index (Phi) is 3.85. The van der Waals surface area contributed by atoms with Gasteiger partial charge in [-0.2, -0.15) is 0 Å². The molecule has 3 aliphatic rings. The van der Waals surface area contributed by atoms with Crippen LogP contribution < -0.4 is 9.47 Å². The molecular formula is C19H23NO5. The van der Waals surface area contributed by atoms with Crippen LogP contribution in [0.5, 0.6) is 11.5 Å². The molecule has 3 heterocycles. The molecule has 6 heteroatoms. The largest absolute Gasteiger partial charge is 0.481 e. The van der Waals surface area contributed by atoms with Gasteiger partial charge in [-0.3, -0.25) is 9.59 Å². The Hall–Kier alpha value is -2.24. The highest BCUT2D eigenvalue weighted by molar-refractivity contribution is 5.83. The van der Waals surface area contributed by atoms with E-state index in [-0.39, 0.29) is 24.8 Å². The van der Waals surface area contributed by atoms with E-state index in [4.69, 9.17) is 9.47 Å². The fourth-order valence-corrected chi connectivity index (χ4v) is 4.80. The lowest BCUT2D eigenvalue weighted by molar-refractivity contribution is -0.151. The van der Waals surface area contributed by atoms with Crippen LogP contribution in [0.4, 0.5) is 0 Å². The average molecular weight is 345 g/mol. The van der Waals surface area contributed by atoms with Crippen LogP contribution in [0, 0.1) is 5.41 Å². The number of carboxylic acid groups (broad SMARTS) is 1. The summed E-state index contributed by atoms with van der Waals surface area (Å²) < 4.78 is 10.7. The molecule has 2 fully saturated rings. The number of carboxylic acids is 1. The molecule has 25 heavy (non-hydrogen) atoms. The van der Waals surface area contributed by atoms with Crippen LogP contribution in [-0.2, 0) is 16.0 Å². The Labute approximate surface area is 146 Å². The number of fused-ring (bicyclic) bond motifs is 3. The van der Waals surface area contributed by atoms with Gasteiger partial charge in [0.25, 0.3) is 0 Å². The fraction of sp³-hybridized carbons (Fsp3) is 0.579. The number of aliphatic carboxylic acids is 1. The maximum atomic E-state index is 12.8. The van der Waals surface area contributed by atoms with Gasteiger partial charge < -0.3 is 19.5 Å². The molecule has 1 amide bonds. The van der Waals surface area contributed by atoms with Crippen LogP contribution in [0.3, 0.4) is 0 Å². The van der Waals surface area contributed by atoms with Crippen LogP contribution in [0.25, 0.3) is 0 Å². The molecule has 0 spiro atoms. The van der Waals surface area contributed by atoms with Crippen molar-refractivity contribution >= 4 is 11.9 Å². The highest BCUT2D eigenvalue weighted by atomic mass is 16.7. The molecule has 1 aromatic rings. The Balaban J connectivity index is 1.44. The zero-order chi connectivity index (χ0) is 17.6. The molecule has 2 saturated heterocycles. The predicted octanol–water partition coefficient (Wildman–Crippen LogP) is 2.59. The first-order chi connectivity index (χ1) is 12.0. The normalized spacial score (nSPS) is 29.2. The number of benzene rings is 1. The summed E-state index contributed by atoms with van der Waals surface area (Å²) >= 11 is 0. The van der Waals surface area contributed by atoms with Crippen LogP contribution in [0.2, 0.25) is 0 Å². The Morgan fingerprint density at radius 3 is 2.80 bits per heavy atom. The Bertz CT molecular complexity index is 718. The first-order valence-electron chi connectivity index (χ1n) is 8.98. The fourth-order valence-electron chi connectivity index (χ4n) is 4.80. The average Bonchev–Trinajstić information content (AvgIpc) is 3.31. The van der Waals surface area contributed by atoms with E-state index in [9.17, 15) is 14.7 Å². The second kappa shape index (κ2) is 5.93. The van der Waals surface area contributed by atoms with E-state index in [1.807, 2.05) is 30.0 Å². The molecule has 1 aromatic carbocycles. The van der Waals surface area contributed by atoms with E-state index >= 15 is 0 Å². The molecule has 134 valence electrons. The number of hydrogen-bond donors (Lipinski definition) is 1. The van der Waals surface area contributed by atoms with Crippen LogP contribution in [0.15, 0.2) is 18.2 Å². The van der Waals surface area contributed by atoms with E-state index < -0.39 is 11.4 Å².